The van der Waals surface area contributed by atoms with Gasteiger partial charge in [0.1, 0.15) is 17.1 Å². The largest absolute Gasteiger partial charge is 0.496 e. The number of benzene rings is 1. The Morgan fingerprint density at radius 2 is 1.89 bits per heavy atom. The van der Waals surface area contributed by atoms with Gasteiger partial charge < -0.3 is 9.47 Å². The fraction of sp³-hybridized carbons (Fsp3) is 0.533. The molecule has 0 aromatic heterocycles. The maximum absolute atomic E-state index is 11.6. The lowest BCUT2D eigenvalue weighted by atomic mass is 10.1. The first-order valence-corrected chi connectivity index (χ1v) is 6.51. The monoisotopic (exact) mass is 250 g/mol. The normalized spacial score (nSPS) is 10.2. The van der Waals surface area contributed by atoms with Gasteiger partial charge in [-0.25, -0.2) is 0 Å². The number of methoxy groups -OCH3 is 1. The number of ketones is 1. The van der Waals surface area contributed by atoms with Gasteiger partial charge in [0.25, 0.3) is 0 Å². The van der Waals surface area contributed by atoms with E-state index in [1.54, 1.807) is 13.2 Å². The second-order valence-electron chi connectivity index (χ2n) is 4.30. The van der Waals surface area contributed by atoms with Crippen LogP contribution in [0.3, 0.4) is 0 Å². The van der Waals surface area contributed by atoms with Crippen LogP contribution in [0.15, 0.2) is 18.2 Å². The van der Waals surface area contributed by atoms with E-state index in [2.05, 4.69) is 6.92 Å². The lowest BCUT2D eigenvalue weighted by molar-refractivity contribution is 0.101. The molecule has 0 spiro atoms. The molecule has 1 aromatic rings. The summed E-state index contributed by atoms with van der Waals surface area (Å²) < 4.78 is 10.9. The van der Waals surface area contributed by atoms with Gasteiger partial charge in [-0.05, 0) is 25.5 Å². The number of unbranched alkanes of at least 4 members (excludes halogenated alkanes) is 3. The lowest BCUT2D eigenvalue weighted by Crippen LogP contribution is -2.05. The highest BCUT2D eigenvalue weighted by molar-refractivity contribution is 5.99. The molecule has 18 heavy (non-hydrogen) atoms. The molecule has 0 heterocycles. The zero-order chi connectivity index (χ0) is 13.4. The fourth-order valence-corrected chi connectivity index (χ4v) is 1.86. The summed E-state index contributed by atoms with van der Waals surface area (Å²) in [6.45, 7) is 4.35. The third-order valence-electron chi connectivity index (χ3n) is 2.82. The number of hydrogen-bond acceptors (Lipinski definition) is 3. The molecule has 0 saturated carbocycles. The van der Waals surface area contributed by atoms with Crippen molar-refractivity contribution < 1.29 is 14.3 Å². The summed E-state index contributed by atoms with van der Waals surface area (Å²) in [5.41, 5.74) is 0.537. The molecule has 0 amide bonds. The SMILES string of the molecule is CCCCCCOc1cccc(OC)c1C(C)=O. The Morgan fingerprint density at radius 3 is 2.50 bits per heavy atom. The topological polar surface area (TPSA) is 35.5 Å². The minimum Gasteiger partial charge on any atom is -0.496 e. The maximum Gasteiger partial charge on any atom is 0.167 e. The van der Waals surface area contributed by atoms with Crippen molar-refractivity contribution >= 4 is 5.78 Å². The average Bonchev–Trinajstić information content (AvgIpc) is 2.37. The van der Waals surface area contributed by atoms with Crippen molar-refractivity contribution in [2.45, 2.75) is 39.5 Å². The van der Waals surface area contributed by atoms with Crippen LogP contribution in [0, 0.1) is 0 Å². The molecule has 0 radical (unpaired) electrons. The minimum absolute atomic E-state index is 0.0315. The third kappa shape index (κ3) is 4.06. The van der Waals surface area contributed by atoms with Gasteiger partial charge >= 0.3 is 0 Å². The van der Waals surface area contributed by atoms with Gasteiger partial charge in [-0.1, -0.05) is 32.3 Å². The second-order valence-corrected chi connectivity index (χ2v) is 4.30. The molecular weight excluding hydrogens is 228 g/mol. The molecule has 0 aliphatic heterocycles. The van der Waals surface area contributed by atoms with Crippen LogP contribution in [0.5, 0.6) is 11.5 Å². The van der Waals surface area contributed by atoms with Crippen molar-refractivity contribution in [1.29, 1.82) is 0 Å². The second kappa shape index (κ2) is 7.75. The Balaban J connectivity index is 2.67. The Bertz CT molecular complexity index is 385. The maximum atomic E-state index is 11.6. The summed E-state index contributed by atoms with van der Waals surface area (Å²) in [5, 5.41) is 0. The van der Waals surface area contributed by atoms with E-state index in [-0.39, 0.29) is 5.78 Å². The van der Waals surface area contributed by atoms with E-state index in [9.17, 15) is 4.79 Å². The number of ether oxygens (including phenoxy) is 2. The standard InChI is InChI=1S/C15H22O3/c1-4-5-6-7-11-18-14-10-8-9-13(17-3)15(14)12(2)16/h8-10H,4-7,11H2,1-3H3. The molecule has 1 aromatic carbocycles. The van der Waals surface area contributed by atoms with E-state index >= 15 is 0 Å². The van der Waals surface area contributed by atoms with Crippen LogP contribution < -0.4 is 9.47 Å². The van der Waals surface area contributed by atoms with Gasteiger partial charge in [0.05, 0.1) is 13.7 Å². The molecule has 0 aliphatic carbocycles. The van der Waals surface area contributed by atoms with Crippen LogP contribution in [0.25, 0.3) is 0 Å². The van der Waals surface area contributed by atoms with E-state index < -0.39 is 0 Å². The van der Waals surface area contributed by atoms with E-state index in [0.717, 1.165) is 12.8 Å². The fourth-order valence-electron chi connectivity index (χ4n) is 1.86. The lowest BCUT2D eigenvalue weighted by Gasteiger charge is -2.12. The highest BCUT2D eigenvalue weighted by Crippen LogP contribution is 2.28. The first-order valence-electron chi connectivity index (χ1n) is 6.51. The van der Waals surface area contributed by atoms with Gasteiger partial charge in [-0.3, -0.25) is 4.79 Å². The Morgan fingerprint density at radius 1 is 1.17 bits per heavy atom. The summed E-state index contributed by atoms with van der Waals surface area (Å²) in [6, 6.07) is 5.44. The number of hydrogen-bond donors (Lipinski definition) is 0. The van der Waals surface area contributed by atoms with Gasteiger partial charge in [-0.15, -0.1) is 0 Å². The number of rotatable bonds is 8. The highest BCUT2D eigenvalue weighted by Gasteiger charge is 2.14. The van der Waals surface area contributed by atoms with Crippen molar-refractivity contribution in [3.8, 4) is 11.5 Å². The quantitative estimate of drug-likeness (QED) is 0.519. The number of carbonyl (C=O) groups excluding carboxylic acids is 1. The van der Waals surface area contributed by atoms with E-state index in [1.165, 1.54) is 19.8 Å². The first kappa shape index (κ1) is 14.6. The van der Waals surface area contributed by atoms with Crippen LogP contribution >= 0.6 is 0 Å². The molecule has 0 aliphatic rings. The molecular formula is C15H22O3. The van der Waals surface area contributed by atoms with Gasteiger partial charge in [0.15, 0.2) is 5.78 Å². The first-order chi connectivity index (χ1) is 8.70. The predicted octanol–water partition coefficient (Wildman–Crippen LogP) is 3.86. The summed E-state index contributed by atoms with van der Waals surface area (Å²) >= 11 is 0. The summed E-state index contributed by atoms with van der Waals surface area (Å²) in [4.78, 5) is 11.6. The van der Waals surface area contributed by atoms with Crippen molar-refractivity contribution in [2.24, 2.45) is 0 Å². The van der Waals surface area contributed by atoms with E-state index in [4.69, 9.17) is 9.47 Å². The molecule has 100 valence electrons. The van der Waals surface area contributed by atoms with Gasteiger partial charge in [-0.2, -0.15) is 0 Å². The summed E-state index contributed by atoms with van der Waals surface area (Å²) in [7, 11) is 1.56. The Hall–Kier alpha value is -1.51. The number of carbonyl (C=O) groups is 1. The predicted molar refractivity (Wildman–Crippen MR) is 72.6 cm³/mol. The van der Waals surface area contributed by atoms with Gasteiger partial charge in [0, 0.05) is 0 Å². The number of Topliss-reactive ketones (excluding diaryl/α,β-unsaturated/α-hetero) is 1. The average molecular weight is 250 g/mol. The van der Waals surface area contributed by atoms with Crippen molar-refractivity contribution in [2.75, 3.05) is 13.7 Å². The molecule has 0 atom stereocenters. The van der Waals surface area contributed by atoms with Crippen molar-refractivity contribution in [3.63, 3.8) is 0 Å². The molecule has 0 N–H and O–H groups in total. The van der Waals surface area contributed by atoms with Crippen LogP contribution in [0.1, 0.15) is 49.9 Å². The molecule has 3 nitrogen and oxygen atoms in total. The molecule has 3 heteroatoms. The minimum atomic E-state index is -0.0315. The van der Waals surface area contributed by atoms with E-state index in [0.29, 0.717) is 23.7 Å². The Labute approximate surface area is 109 Å². The van der Waals surface area contributed by atoms with Crippen LogP contribution in [0.4, 0.5) is 0 Å². The smallest absolute Gasteiger partial charge is 0.167 e. The highest BCUT2D eigenvalue weighted by atomic mass is 16.5. The molecule has 0 saturated heterocycles. The van der Waals surface area contributed by atoms with Crippen LogP contribution in [-0.4, -0.2) is 19.5 Å². The summed E-state index contributed by atoms with van der Waals surface area (Å²) in [6.07, 6.45) is 4.61. The van der Waals surface area contributed by atoms with Crippen molar-refractivity contribution in [3.05, 3.63) is 23.8 Å². The van der Waals surface area contributed by atoms with Crippen molar-refractivity contribution in [1.82, 2.24) is 0 Å². The molecule has 0 bridgehead atoms. The van der Waals surface area contributed by atoms with E-state index in [1.807, 2.05) is 12.1 Å². The van der Waals surface area contributed by atoms with Crippen LogP contribution in [-0.2, 0) is 0 Å². The zero-order valence-electron chi connectivity index (χ0n) is 11.5. The molecule has 0 unspecified atom stereocenters. The van der Waals surface area contributed by atoms with Gasteiger partial charge in [0.2, 0.25) is 0 Å². The zero-order valence-corrected chi connectivity index (χ0v) is 11.5. The molecule has 0 fully saturated rings. The summed E-state index contributed by atoms with van der Waals surface area (Å²) in [5.74, 6) is 1.17. The Kier molecular flexibility index (Phi) is 6.26. The molecule has 1 rings (SSSR count). The van der Waals surface area contributed by atoms with Crippen LogP contribution in [0.2, 0.25) is 0 Å². The third-order valence-corrected chi connectivity index (χ3v) is 2.82.